The second-order valence-corrected chi connectivity index (χ2v) is 7.60. The van der Waals surface area contributed by atoms with Crippen molar-refractivity contribution in [2.75, 3.05) is 22.5 Å². The summed E-state index contributed by atoms with van der Waals surface area (Å²) in [6.07, 6.45) is -1.26. The van der Waals surface area contributed by atoms with Crippen molar-refractivity contribution in [1.82, 2.24) is 4.98 Å². The van der Waals surface area contributed by atoms with Gasteiger partial charge in [-0.1, -0.05) is 47.5 Å². The van der Waals surface area contributed by atoms with Gasteiger partial charge in [-0.05, 0) is 42.3 Å². The van der Waals surface area contributed by atoms with Crippen molar-refractivity contribution >= 4 is 52.3 Å². The number of nitrogens with two attached hydrogens (primary N) is 1. The molecule has 0 radical (unpaired) electrons. The van der Waals surface area contributed by atoms with Crippen molar-refractivity contribution < 1.29 is 14.8 Å². The van der Waals surface area contributed by atoms with E-state index in [0.717, 1.165) is 16.0 Å². The molecule has 11 heteroatoms. The van der Waals surface area contributed by atoms with Crippen LogP contribution >= 0.6 is 23.2 Å². The van der Waals surface area contributed by atoms with E-state index in [1.54, 1.807) is 55.5 Å². The number of halogens is 2. The van der Waals surface area contributed by atoms with Crippen LogP contribution in [0.25, 0.3) is 0 Å². The second-order valence-electron chi connectivity index (χ2n) is 6.73. The molecule has 32 heavy (non-hydrogen) atoms. The summed E-state index contributed by atoms with van der Waals surface area (Å²) in [4.78, 5) is 27.5. The van der Waals surface area contributed by atoms with Gasteiger partial charge in [0, 0.05) is 22.7 Å². The number of hydrogen-bond acceptors (Lipinski definition) is 6. The SMILES string of the molecule is CCN(C(=O)O)c1cc(NC(c2ccc(Cl)cc2)c2ccc(Cl)cc2)c([N+](=O)[O-])c(N)n1. The van der Waals surface area contributed by atoms with Crippen molar-refractivity contribution in [2.45, 2.75) is 13.0 Å². The number of anilines is 3. The fourth-order valence-corrected chi connectivity index (χ4v) is 3.46. The molecule has 0 aliphatic carbocycles. The Hall–Kier alpha value is -3.56. The number of pyridine rings is 1. The van der Waals surface area contributed by atoms with Gasteiger partial charge < -0.3 is 16.2 Å². The second kappa shape index (κ2) is 9.71. The number of benzene rings is 2. The predicted octanol–water partition coefficient (Wildman–Crippen LogP) is 5.58. The molecule has 2 aromatic carbocycles. The van der Waals surface area contributed by atoms with Crippen LogP contribution in [0.4, 0.5) is 27.8 Å². The lowest BCUT2D eigenvalue weighted by Crippen LogP contribution is -2.30. The summed E-state index contributed by atoms with van der Waals surface area (Å²) >= 11 is 12.0. The molecule has 4 N–H and O–H groups in total. The van der Waals surface area contributed by atoms with Crippen LogP contribution in [0.15, 0.2) is 54.6 Å². The van der Waals surface area contributed by atoms with Crippen LogP contribution < -0.4 is 16.0 Å². The molecular formula is C21H19Cl2N5O4. The van der Waals surface area contributed by atoms with Gasteiger partial charge >= 0.3 is 11.8 Å². The number of nitrogen functional groups attached to an aromatic ring is 1. The Labute approximate surface area is 193 Å². The number of carboxylic acid groups (broad SMARTS) is 1. The lowest BCUT2D eigenvalue weighted by Gasteiger charge is -2.23. The van der Waals surface area contributed by atoms with E-state index in [9.17, 15) is 20.0 Å². The molecule has 1 heterocycles. The standard InChI is InChI=1S/C21H19Cl2N5O4/c1-2-27(21(29)30)17-11-16(19(28(31)32)20(24)26-17)25-18(12-3-7-14(22)8-4-12)13-5-9-15(23)10-6-13/h3-11,18H,2H2,1H3,(H,29,30)(H3,24,25,26). The quantitative estimate of drug-likeness (QED) is 0.299. The summed E-state index contributed by atoms with van der Waals surface area (Å²) in [5.74, 6) is -0.433. The van der Waals surface area contributed by atoms with Crippen LogP contribution in [-0.2, 0) is 0 Å². The van der Waals surface area contributed by atoms with E-state index in [1.807, 2.05) is 0 Å². The third-order valence-corrected chi connectivity index (χ3v) is 5.22. The van der Waals surface area contributed by atoms with E-state index in [4.69, 9.17) is 28.9 Å². The molecule has 0 aliphatic heterocycles. The minimum absolute atomic E-state index is 0.0205. The molecule has 1 amide bonds. The highest BCUT2D eigenvalue weighted by Crippen LogP contribution is 2.37. The van der Waals surface area contributed by atoms with Crippen molar-refractivity contribution in [3.05, 3.63) is 85.9 Å². The average Bonchev–Trinajstić information content (AvgIpc) is 2.73. The Morgan fingerprint density at radius 1 is 1.16 bits per heavy atom. The number of rotatable bonds is 7. The summed E-state index contributed by atoms with van der Waals surface area (Å²) < 4.78 is 0. The molecule has 166 valence electrons. The van der Waals surface area contributed by atoms with Crippen LogP contribution in [-0.4, -0.2) is 27.7 Å². The third kappa shape index (κ3) is 5.01. The fourth-order valence-electron chi connectivity index (χ4n) is 3.20. The zero-order valence-electron chi connectivity index (χ0n) is 16.8. The van der Waals surface area contributed by atoms with Gasteiger partial charge in [0.1, 0.15) is 11.5 Å². The molecule has 0 aliphatic rings. The van der Waals surface area contributed by atoms with E-state index in [0.29, 0.717) is 10.0 Å². The van der Waals surface area contributed by atoms with E-state index in [-0.39, 0.29) is 18.1 Å². The third-order valence-electron chi connectivity index (χ3n) is 4.72. The molecular weight excluding hydrogens is 457 g/mol. The lowest BCUT2D eigenvalue weighted by molar-refractivity contribution is -0.383. The first-order chi connectivity index (χ1) is 15.2. The van der Waals surface area contributed by atoms with Gasteiger partial charge in [0.05, 0.1) is 11.0 Å². The maximum absolute atomic E-state index is 11.8. The Morgan fingerprint density at radius 2 is 1.66 bits per heavy atom. The van der Waals surface area contributed by atoms with Gasteiger partial charge in [-0.2, -0.15) is 0 Å². The number of amides is 1. The number of hydrogen-bond donors (Lipinski definition) is 3. The van der Waals surface area contributed by atoms with Crippen LogP contribution in [0.3, 0.4) is 0 Å². The van der Waals surface area contributed by atoms with Gasteiger partial charge in [0.25, 0.3) is 0 Å². The zero-order chi connectivity index (χ0) is 23.4. The molecule has 0 spiro atoms. The molecule has 9 nitrogen and oxygen atoms in total. The van der Waals surface area contributed by atoms with Gasteiger partial charge in [-0.25, -0.2) is 9.78 Å². The van der Waals surface area contributed by atoms with Gasteiger partial charge in [-0.15, -0.1) is 0 Å². The number of aromatic nitrogens is 1. The number of nitro groups is 1. The molecule has 0 saturated heterocycles. The Bertz CT molecular complexity index is 1090. The number of nitrogens with one attached hydrogen (secondary N) is 1. The van der Waals surface area contributed by atoms with Crippen LogP contribution in [0, 0.1) is 10.1 Å². The molecule has 0 bridgehead atoms. The molecule has 0 atom stereocenters. The highest BCUT2D eigenvalue weighted by Gasteiger charge is 2.27. The Kier molecular flexibility index (Phi) is 7.01. The fraction of sp³-hybridized carbons (Fsp3) is 0.143. The first-order valence-electron chi connectivity index (χ1n) is 9.44. The topological polar surface area (TPSA) is 135 Å². The average molecular weight is 476 g/mol. The maximum atomic E-state index is 11.8. The van der Waals surface area contributed by atoms with E-state index < -0.39 is 28.6 Å². The van der Waals surface area contributed by atoms with Crippen LogP contribution in [0.2, 0.25) is 10.0 Å². The van der Waals surface area contributed by atoms with Crippen molar-refractivity contribution in [2.24, 2.45) is 0 Å². The summed E-state index contributed by atoms with van der Waals surface area (Å²) in [5, 5.41) is 25.4. The predicted molar refractivity (Wildman–Crippen MR) is 125 cm³/mol. The highest BCUT2D eigenvalue weighted by molar-refractivity contribution is 6.30. The maximum Gasteiger partial charge on any atom is 0.413 e. The van der Waals surface area contributed by atoms with Gasteiger partial charge in [-0.3, -0.25) is 15.0 Å². The Balaban J connectivity index is 2.16. The lowest BCUT2D eigenvalue weighted by atomic mass is 9.98. The molecule has 0 saturated carbocycles. The smallest absolute Gasteiger partial charge is 0.413 e. The van der Waals surface area contributed by atoms with Gasteiger partial charge in [0.2, 0.25) is 5.82 Å². The number of carbonyl (C=O) groups is 1. The minimum atomic E-state index is -1.26. The highest BCUT2D eigenvalue weighted by atomic mass is 35.5. The first kappa shape index (κ1) is 23.1. The van der Waals surface area contributed by atoms with Crippen LogP contribution in [0.5, 0.6) is 0 Å². The normalized spacial score (nSPS) is 10.8. The molecule has 3 rings (SSSR count). The van der Waals surface area contributed by atoms with E-state index in [2.05, 4.69) is 10.3 Å². The summed E-state index contributed by atoms with van der Waals surface area (Å²) in [7, 11) is 0. The van der Waals surface area contributed by atoms with Crippen LogP contribution in [0.1, 0.15) is 24.1 Å². The zero-order valence-corrected chi connectivity index (χ0v) is 18.3. The van der Waals surface area contributed by atoms with E-state index >= 15 is 0 Å². The van der Waals surface area contributed by atoms with Gasteiger partial charge in [0.15, 0.2) is 0 Å². The first-order valence-corrected chi connectivity index (χ1v) is 10.2. The molecule has 3 aromatic rings. The monoisotopic (exact) mass is 475 g/mol. The molecule has 0 fully saturated rings. The van der Waals surface area contributed by atoms with E-state index in [1.165, 1.54) is 6.07 Å². The van der Waals surface area contributed by atoms with Crippen molar-refractivity contribution in [3.8, 4) is 0 Å². The molecule has 0 unspecified atom stereocenters. The Morgan fingerprint density at radius 3 is 2.06 bits per heavy atom. The summed E-state index contributed by atoms with van der Waals surface area (Å²) in [6, 6.07) is 14.7. The summed E-state index contributed by atoms with van der Waals surface area (Å²) in [6.45, 7) is 1.70. The summed E-state index contributed by atoms with van der Waals surface area (Å²) in [5.41, 5.74) is 6.94. The molecule has 1 aromatic heterocycles. The number of nitrogens with zero attached hydrogens (tertiary/aromatic N) is 3. The minimum Gasteiger partial charge on any atom is -0.465 e. The van der Waals surface area contributed by atoms with Crippen molar-refractivity contribution in [1.29, 1.82) is 0 Å². The van der Waals surface area contributed by atoms with Crippen molar-refractivity contribution in [3.63, 3.8) is 0 Å². The largest absolute Gasteiger partial charge is 0.465 e.